The predicted octanol–water partition coefficient (Wildman–Crippen LogP) is 2.20. The minimum absolute atomic E-state index is 0.00859. The average molecular weight is 383 g/mol. The van der Waals surface area contributed by atoms with E-state index in [2.05, 4.69) is 10.2 Å². The number of nitrogens with one attached hydrogen (secondary N) is 1. The molecule has 150 valence electrons. The molecule has 5 rings (SSSR count). The fourth-order valence-corrected chi connectivity index (χ4v) is 6.14. The molecule has 4 aliphatic rings. The molecule has 2 amide bonds. The molecule has 0 aliphatic carbocycles. The highest BCUT2D eigenvalue weighted by Crippen LogP contribution is 2.55. The zero-order valence-electron chi connectivity index (χ0n) is 16.5. The largest absolute Gasteiger partial charge is 0.384 e. The highest BCUT2D eigenvalue weighted by atomic mass is 16.5. The van der Waals surface area contributed by atoms with Crippen molar-refractivity contribution in [2.75, 3.05) is 38.7 Å². The van der Waals surface area contributed by atoms with Gasteiger partial charge in [-0.3, -0.25) is 14.5 Å². The van der Waals surface area contributed by atoms with E-state index >= 15 is 0 Å². The van der Waals surface area contributed by atoms with E-state index in [1.54, 1.807) is 7.11 Å². The molecule has 4 heterocycles. The van der Waals surface area contributed by atoms with Crippen molar-refractivity contribution in [3.05, 3.63) is 29.8 Å². The third-order valence-electron chi connectivity index (χ3n) is 7.40. The quantitative estimate of drug-likeness (QED) is 0.869. The van der Waals surface area contributed by atoms with Crippen LogP contribution in [0.1, 0.15) is 37.7 Å². The minimum atomic E-state index is -0.821. The van der Waals surface area contributed by atoms with Gasteiger partial charge >= 0.3 is 0 Å². The molecular weight excluding hydrogens is 354 g/mol. The first-order chi connectivity index (χ1) is 13.7. The molecule has 3 saturated heterocycles. The minimum Gasteiger partial charge on any atom is -0.384 e. The van der Waals surface area contributed by atoms with Gasteiger partial charge in [0.15, 0.2) is 0 Å². The molecule has 1 aromatic carbocycles. The van der Waals surface area contributed by atoms with E-state index < -0.39 is 5.54 Å². The predicted molar refractivity (Wildman–Crippen MR) is 106 cm³/mol. The lowest BCUT2D eigenvalue weighted by Crippen LogP contribution is -2.55. The van der Waals surface area contributed by atoms with Crippen molar-refractivity contribution < 1.29 is 14.3 Å². The number of nitrogens with zero attached hydrogens (tertiary/aromatic N) is 2. The summed E-state index contributed by atoms with van der Waals surface area (Å²) in [6, 6.07) is 8.27. The second kappa shape index (κ2) is 6.85. The SMILES string of the molecule is COCC1CCN(C(=O)[C@@H]2C[C@H]3CCCN3[C@]23C(=O)Nc2ccccc23)CC1. The smallest absolute Gasteiger partial charge is 0.250 e. The molecule has 4 aliphatic heterocycles. The van der Waals surface area contributed by atoms with Gasteiger partial charge in [-0.05, 0) is 50.6 Å². The van der Waals surface area contributed by atoms with Gasteiger partial charge in [0.25, 0.3) is 0 Å². The molecule has 3 fully saturated rings. The number of likely N-dealkylation sites (tertiary alicyclic amines) is 1. The lowest BCUT2D eigenvalue weighted by molar-refractivity contribution is -0.145. The number of carbonyl (C=O) groups excluding carboxylic acids is 2. The van der Waals surface area contributed by atoms with Gasteiger partial charge in [0.05, 0.1) is 5.92 Å². The summed E-state index contributed by atoms with van der Waals surface area (Å²) in [6.07, 6.45) is 4.94. The number of amides is 2. The number of piperidine rings is 1. The van der Waals surface area contributed by atoms with Gasteiger partial charge in [0.2, 0.25) is 11.8 Å². The summed E-state index contributed by atoms with van der Waals surface area (Å²) in [6.45, 7) is 3.20. The van der Waals surface area contributed by atoms with Crippen LogP contribution in [0.3, 0.4) is 0 Å². The van der Waals surface area contributed by atoms with Crippen molar-refractivity contribution in [2.45, 2.75) is 43.7 Å². The highest BCUT2D eigenvalue weighted by Gasteiger charge is 2.65. The van der Waals surface area contributed by atoms with E-state index in [9.17, 15) is 9.59 Å². The summed E-state index contributed by atoms with van der Waals surface area (Å²) in [5.74, 6) is 0.397. The number of hydrogen-bond donors (Lipinski definition) is 1. The van der Waals surface area contributed by atoms with E-state index in [1.165, 1.54) is 0 Å². The molecule has 1 N–H and O–H groups in total. The standard InChI is InChI=1S/C22H29N3O3/c1-28-14-15-8-11-24(12-9-15)20(26)18-13-16-5-4-10-25(16)22(18)17-6-2-3-7-19(17)23-21(22)27/h2-3,6-7,15-16,18H,4-5,8-14H2,1H3,(H,23,27)/t16-,18+,22+/m1/s1. The number of methoxy groups -OCH3 is 1. The Morgan fingerprint density at radius 1 is 1.21 bits per heavy atom. The Hall–Kier alpha value is -1.92. The van der Waals surface area contributed by atoms with Crippen molar-refractivity contribution >= 4 is 17.5 Å². The Morgan fingerprint density at radius 2 is 2.00 bits per heavy atom. The third kappa shape index (κ3) is 2.47. The Kier molecular flexibility index (Phi) is 4.43. The molecule has 0 bridgehead atoms. The van der Waals surface area contributed by atoms with Crippen LogP contribution in [0.2, 0.25) is 0 Å². The normalized spacial score (nSPS) is 32.6. The van der Waals surface area contributed by atoms with E-state index in [1.807, 2.05) is 29.2 Å². The van der Waals surface area contributed by atoms with Gasteiger partial charge in [0.1, 0.15) is 5.54 Å². The van der Waals surface area contributed by atoms with E-state index in [-0.39, 0.29) is 17.7 Å². The summed E-state index contributed by atoms with van der Waals surface area (Å²) < 4.78 is 5.29. The fraction of sp³-hybridized carbons (Fsp3) is 0.636. The van der Waals surface area contributed by atoms with Crippen molar-refractivity contribution in [2.24, 2.45) is 11.8 Å². The Morgan fingerprint density at radius 3 is 2.79 bits per heavy atom. The Bertz CT molecular complexity index is 789. The molecule has 6 heteroatoms. The molecule has 3 atom stereocenters. The molecule has 1 spiro atoms. The number of carbonyl (C=O) groups is 2. The van der Waals surface area contributed by atoms with Gasteiger partial charge in [-0.2, -0.15) is 0 Å². The lowest BCUT2D eigenvalue weighted by Gasteiger charge is -2.40. The number of rotatable bonds is 3. The van der Waals surface area contributed by atoms with Crippen LogP contribution in [0, 0.1) is 11.8 Å². The van der Waals surface area contributed by atoms with Gasteiger partial charge < -0.3 is 15.0 Å². The number of para-hydroxylation sites is 1. The monoisotopic (exact) mass is 383 g/mol. The second-order valence-electron chi connectivity index (χ2n) is 8.77. The van der Waals surface area contributed by atoms with Crippen LogP contribution in [0.5, 0.6) is 0 Å². The topological polar surface area (TPSA) is 61.9 Å². The first-order valence-corrected chi connectivity index (χ1v) is 10.6. The second-order valence-corrected chi connectivity index (χ2v) is 8.77. The molecule has 0 radical (unpaired) electrons. The zero-order valence-corrected chi connectivity index (χ0v) is 16.5. The number of ether oxygens (including phenoxy) is 1. The van der Waals surface area contributed by atoms with E-state index in [4.69, 9.17) is 4.74 Å². The summed E-state index contributed by atoms with van der Waals surface area (Å²) >= 11 is 0. The maximum Gasteiger partial charge on any atom is 0.250 e. The van der Waals surface area contributed by atoms with Crippen molar-refractivity contribution in [3.63, 3.8) is 0 Å². The van der Waals surface area contributed by atoms with Gasteiger partial charge in [-0.25, -0.2) is 0 Å². The lowest BCUT2D eigenvalue weighted by atomic mass is 9.77. The maximum atomic E-state index is 13.7. The number of anilines is 1. The molecule has 6 nitrogen and oxygen atoms in total. The van der Waals surface area contributed by atoms with Crippen LogP contribution in [-0.4, -0.2) is 61.0 Å². The van der Waals surface area contributed by atoms with Crippen LogP contribution in [0.15, 0.2) is 24.3 Å². The van der Waals surface area contributed by atoms with Crippen molar-refractivity contribution in [3.8, 4) is 0 Å². The van der Waals surface area contributed by atoms with E-state index in [0.717, 1.165) is 69.6 Å². The number of fused-ring (bicyclic) bond motifs is 4. The van der Waals surface area contributed by atoms with Crippen LogP contribution >= 0.6 is 0 Å². The van der Waals surface area contributed by atoms with Gasteiger partial charge in [0, 0.05) is 44.1 Å². The molecule has 28 heavy (non-hydrogen) atoms. The van der Waals surface area contributed by atoms with E-state index in [0.29, 0.717) is 12.0 Å². The van der Waals surface area contributed by atoms with Gasteiger partial charge in [-0.1, -0.05) is 18.2 Å². The van der Waals surface area contributed by atoms with Crippen molar-refractivity contribution in [1.82, 2.24) is 9.80 Å². The Labute approximate surface area is 166 Å². The molecule has 0 aromatic heterocycles. The molecule has 1 aromatic rings. The first kappa shape index (κ1) is 18.1. The number of benzene rings is 1. The molecule has 0 unspecified atom stereocenters. The fourth-order valence-electron chi connectivity index (χ4n) is 6.14. The van der Waals surface area contributed by atoms with Crippen LogP contribution in [0.25, 0.3) is 0 Å². The van der Waals surface area contributed by atoms with Crippen LogP contribution in [0.4, 0.5) is 5.69 Å². The summed E-state index contributed by atoms with van der Waals surface area (Å²) in [5.41, 5.74) is 1.05. The van der Waals surface area contributed by atoms with Gasteiger partial charge in [-0.15, -0.1) is 0 Å². The van der Waals surface area contributed by atoms with Crippen LogP contribution in [-0.2, 0) is 19.9 Å². The number of hydrogen-bond acceptors (Lipinski definition) is 4. The Balaban J connectivity index is 1.48. The third-order valence-corrected chi connectivity index (χ3v) is 7.40. The average Bonchev–Trinajstić information content (AvgIpc) is 3.37. The zero-order chi connectivity index (χ0) is 19.3. The maximum absolute atomic E-state index is 13.7. The summed E-state index contributed by atoms with van der Waals surface area (Å²) in [4.78, 5) is 31.4. The highest BCUT2D eigenvalue weighted by molar-refractivity contribution is 6.09. The summed E-state index contributed by atoms with van der Waals surface area (Å²) in [5, 5.41) is 3.09. The molecule has 0 saturated carbocycles. The summed E-state index contributed by atoms with van der Waals surface area (Å²) in [7, 11) is 1.74. The first-order valence-electron chi connectivity index (χ1n) is 10.6. The molecular formula is C22H29N3O3. The van der Waals surface area contributed by atoms with Crippen LogP contribution < -0.4 is 5.32 Å². The van der Waals surface area contributed by atoms with Crippen molar-refractivity contribution in [1.29, 1.82) is 0 Å².